The predicted molar refractivity (Wildman–Crippen MR) is 86.5 cm³/mol. The van der Waals surface area contributed by atoms with Gasteiger partial charge < -0.3 is 16.4 Å². The van der Waals surface area contributed by atoms with Crippen molar-refractivity contribution in [3.63, 3.8) is 0 Å². The molecular weight excluding hydrogens is 320 g/mol. The van der Waals surface area contributed by atoms with E-state index < -0.39 is 23.9 Å². The number of primary amides is 1. The third-order valence-electron chi connectivity index (χ3n) is 3.20. The van der Waals surface area contributed by atoms with Gasteiger partial charge in [0.25, 0.3) is 0 Å². The SMILES string of the molecule is CC(=O)N[C@@H](C(=O)N[C@H](Cc1ccc(Cl)nc1)C(N)=O)C(C)C. The molecule has 1 aromatic rings. The van der Waals surface area contributed by atoms with Crippen molar-refractivity contribution in [3.05, 3.63) is 29.0 Å². The first-order chi connectivity index (χ1) is 10.7. The minimum absolute atomic E-state index is 0.135. The number of carbonyl (C=O) groups is 3. The van der Waals surface area contributed by atoms with Crippen molar-refractivity contribution in [2.75, 3.05) is 0 Å². The van der Waals surface area contributed by atoms with E-state index in [1.807, 2.05) is 0 Å². The van der Waals surface area contributed by atoms with E-state index in [2.05, 4.69) is 15.6 Å². The number of carbonyl (C=O) groups excluding carboxylic acids is 3. The van der Waals surface area contributed by atoms with Gasteiger partial charge in [-0.1, -0.05) is 31.5 Å². The van der Waals surface area contributed by atoms with E-state index in [0.717, 1.165) is 0 Å². The second kappa shape index (κ2) is 8.47. The number of nitrogens with one attached hydrogen (secondary N) is 2. The maximum absolute atomic E-state index is 12.3. The van der Waals surface area contributed by atoms with Crippen LogP contribution in [0.1, 0.15) is 26.3 Å². The summed E-state index contributed by atoms with van der Waals surface area (Å²) >= 11 is 5.71. The third-order valence-corrected chi connectivity index (χ3v) is 3.42. The average Bonchev–Trinajstić information content (AvgIpc) is 2.45. The summed E-state index contributed by atoms with van der Waals surface area (Å²) in [5, 5.41) is 5.47. The maximum atomic E-state index is 12.3. The Hall–Kier alpha value is -2.15. The summed E-state index contributed by atoms with van der Waals surface area (Å²) in [5.41, 5.74) is 6.06. The van der Waals surface area contributed by atoms with Gasteiger partial charge in [0.05, 0.1) is 0 Å². The molecule has 0 bridgehead atoms. The third kappa shape index (κ3) is 6.23. The molecule has 3 amide bonds. The summed E-state index contributed by atoms with van der Waals surface area (Å²) in [6, 6.07) is 1.65. The monoisotopic (exact) mass is 340 g/mol. The zero-order chi connectivity index (χ0) is 17.6. The molecule has 0 spiro atoms. The number of nitrogens with two attached hydrogens (primary N) is 1. The minimum Gasteiger partial charge on any atom is -0.368 e. The van der Waals surface area contributed by atoms with Crippen molar-refractivity contribution in [1.29, 1.82) is 0 Å². The largest absolute Gasteiger partial charge is 0.368 e. The number of aromatic nitrogens is 1. The van der Waals surface area contributed by atoms with E-state index >= 15 is 0 Å². The van der Waals surface area contributed by atoms with E-state index in [1.165, 1.54) is 13.1 Å². The van der Waals surface area contributed by atoms with Gasteiger partial charge in [-0.25, -0.2) is 4.98 Å². The van der Waals surface area contributed by atoms with Crippen LogP contribution < -0.4 is 16.4 Å². The van der Waals surface area contributed by atoms with Crippen molar-refractivity contribution in [2.24, 2.45) is 11.7 Å². The van der Waals surface area contributed by atoms with Gasteiger partial charge in [0.1, 0.15) is 17.2 Å². The van der Waals surface area contributed by atoms with Gasteiger partial charge >= 0.3 is 0 Å². The van der Waals surface area contributed by atoms with E-state index in [9.17, 15) is 14.4 Å². The van der Waals surface area contributed by atoms with Crippen molar-refractivity contribution in [3.8, 4) is 0 Å². The number of amides is 3. The molecule has 126 valence electrons. The van der Waals surface area contributed by atoms with Crippen molar-refractivity contribution >= 4 is 29.3 Å². The lowest BCUT2D eigenvalue weighted by Gasteiger charge is -2.24. The lowest BCUT2D eigenvalue weighted by Crippen LogP contribution is -2.55. The lowest BCUT2D eigenvalue weighted by molar-refractivity contribution is -0.131. The number of rotatable bonds is 7. The second-order valence-corrected chi connectivity index (χ2v) is 5.97. The first-order valence-electron chi connectivity index (χ1n) is 7.18. The first kappa shape index (κ1) is 18.9. The van der Waals surface area contributed by atoms with Crippen LogP contribution in [-0.4, -0.2) is 34.8 Å². The number of hydrogen-bond donors (Lipinski definition) is 3. The van der Waals surface area contributed by atoms with Crippen molar-refractivity contribution in [1.82, 2.24) is 15.6 Å². The Kier molecular flexibility index (Phi) is 6.96. The predicted octanol–water partition coefficient (Wildman–Crippen LogP) is 0.408. The Morgan fingerprint density at radius 2 is 1.91 bits per heavy atom. The van der Waals surface area contributed by atoms with E-state index in [1.54, 1.807) is 26.0 Å². The van der Waals surface area contributed by atoms with Crippen molar-refractivity contribution < 1.29 is 14.4 Å². The molecule has 0 unspecified atom stereocenters. The van der Waals surface area contributed by atoms with Gasteiger partial charge in [-0.3, -0.25) is 14.4 Å². The fourth-order valence-electron chi connectivity index (χ4n) is 2.00. The van der Waals surface area contributed by atoms with Crippen LogP contribution in [0.3, 0.4) is 0 Å². The molecule has 2 atom stereocenters. The second-order valence-electron chi connectivity index (χ2n) is 5.58. The Morgan fingerprint density at radius 1 is 1.26 bits per heavy atom. The van der Waals surface area contributed by atoms with Crippen LogP contribution in [0.15, 0.2) is 18.3 Å². The molecule has 8 heteroatoms. The molecule has 0 radical (unpaired) electrons. The van der Waals surface area contributed by atoms with Crippen molar-refractivity contribution in [2.45, 2.75) is 39.3 Å². The fourth-order valence-corrected chi connectivity index (χ4v) is 2.11. The van der Waals surface area contributed by atoms with E-state index in [0.29, 0.717) is 10.7 Å². The van der Waals surface area contributed by atoms with E-state index in [-0.39, 0.29) is 18.2 Å². The van der Waals surface area contributed by atoms with Gasteiger partial charge in [0.15, 0.2) is 0 Å². The maximum Gasteiger partial charge on any atom is 0.243 e. The Morgan fingerprint density at radius 3 is 2.35 bits per heavy atom. The number of pyridine rings is 1. The molecule has 0 aliphatic heterocycles. The Balaban J connectivity index is 2.81. The van der Waals surface area contributed by atoms with Crippen LogP contribution in [-0.2, 0) is 20.8 Å². The normalized spacial score (nSPS) is 13.3. The molecule has 0 aliphatic carbocycles. The van der Waals surface area contributed by atoms with Crippen LogP contribution >= 0.6 is 11.6 Å². The van der Waals surface area contributed by atoms with Gasteiger partial charge in [-0.2, -0.15) is 0 Å². The molecule has 0 fully saturated rings. The number of hydrogen-bond acceptors (Lipinski definition) is 4. The highest BCUT2D eigenvalue weighted by molar-refractivity contribution is 6.29. The molecule has 7 nitrogen and oxygen atoms in total. The molecule has 0 saturated heterocycles. The zero-order valence-electron chi connectivity index (χ0n) is 13.3. The van der Waals surface area contributed by atoms with Gasteiger partial charge in [-0.15, -0.1) is 0 Å². The van der Waals surface area contributed by atoms with Gasteiger partial charge in [0, 0.05) is 19.5 Å². The van der Waals surface area contributed by atoms with Crippen LogP contribution in [0, 0.1) is 5.92 Å². The van der Waals surface area contributed by atoms with Gasteiger partial charge in [-0.05, 0) is 17.5 Å². The summed E-state index contributed by atoms with van der Waals surface area (Å²) in [6.45, 7) is 4.92. The highest BCUT2D eigenvalue weighted by Crippen LogP contribution is 2.08. The molecule has 23 heavy (non-hydrogen) atoms. The lowest BCUT2D eigenvalue weighted by atomic mass is 10.0. The number of nitrogens with zero attached hydrogens (tertiary/aromatic N) is 1. The fraction of sp³-hybridized carbons (Fsp3) is 0.467. The van der Waals surface area contributed by atoms with Crippen LogP contribution in [0.4, 0.5) is 0 Å². The molecule has 1 aromatic heterocycles. The zero-order valence-corrected chi connectivity index (χ0v) is 14.1. The quantitative estimate of drug-likeness (QED) is 0.623. The van der Waals surface area contributed by atoms with E-state index in [4.69, 9.17) is 17.3 Å². The summed E-state index contributed by atoms with van der Waals surface area (Å²) in [4.78, 5) is 39.0. The summed E-state index contributed by atoms with van der Waals surface area (Å²) in [5.74, 6) is -1.58. The molecule has 0 saturated carbocycles. The molecule has 1 rings (SSSR count). The minimum atomic E-state index is -0.902. The smallest absolute Gasteiger partial charge is 0.243 e. The standard InChI is InChI=1S/C15H21ClN4O3/c1-8(2)13(19-9(3)21)15(23)20-11(14(17)22)6-10-4-5-12(16)18-7-10/h4-5,7-8,11,13H,6H2,1-3H3,(H2,17,22)(H,19,21)(H,20,23)/t11-,13-/m1/s1. The Bertz CT molecular complexity index is 575. The Labute approximate surface area is 140 Å². The highest BCUT2D eigenvalue weighted by atomic mass is 35.5. The average molecular weight is 341 g/mol. The van der Waals surface area contributed by atoms with Crippen LogP contribution in [0.2, 0.25) is 5.15 Å². The summed E-state index contributed by atoms with van der Waals surface area (Å²) in [7, 11) is 0. The highest BCUT2D eigenvalue weighted by Gasteiger charge is 2.27. The molecular formula is C15H21ClN4O3. The first-order valence-corrected chi connectivity index (χ1v) is 7.55. The molecule has 0 aromatic carbocycles. The van der Waals surface area contributed by atoms with Crippen LogP contribution in [0.5, 0.6) is 0 Å². The topological polar surface area (TPSA) is 114 Å². The number of halogens is 1. The molecule has 1 heterocycles. The molecule has 0 aliphatic rings. The summed E-state index contributed by atoms with van der Waals surface area (Å²) < 4.78 is 0. The van der Waals surface area contributed by atoms with Crippen LogP contribution in [0.25, 0.3) is 0 Å². The molecule has 4 N–H and O–H groups in total. The summed E-state index contributed by atoms with van der Waals surface area (Å²) in [6.07, 6.45) is 1.70. The van der Waals surface area contributed by atoms with Gasteiger partial charge in [0.2, 0.25) is 17.7 Å².